The SMILES string of the molecule is COc1cc(-n2ccc(N3CCOC(C(C)(O)C(=O)Nc4cc(F)c5c(N)noc5c4)C3=O)n2)ccn1. The largest absolute Gasteiger partial charge is 0.481 e. The van der Waals surface area contributed by atoms with Crippen LogP contribution in [-0.4, -0.2) is 68.8 Å². The number of hydrogen-bond acceptors (Lipinski definition) is 10. The van der Waals surface area contributed by atoms with Gasteiger partial charge in [0.1, 0.15) is 11.2 Å². The van der Waals surface area contributed by atoms with Crippen LogP contribution < -0.4 is 20.7 Å². The molecule has 2 unspecified atom stereocenters. The van der Waals surface area contributed by atoms with E-state index in [0.29, 0.717) is 17.4 Å². The zero-order valence-corrected chi connectivity index (χ0v) is 19.7. The molecular formula is C23H22FN7O6. The van der Waals surface area contributed by atoms with Gasteiger partial charge in [0.05, 0.1) is 25.9 Å². The van der Waals surface area contributed by atoms with Gasteiger partial charge in [0.2, 0.25) is 5.88 Å². The zero-order chi connectivity index (χ0) is 26.3. The fraction of sp³-hybridized carbons (Fsp3) is 0.261. The van der Waals surface area contributed by atoms with E-state index in [1.165, 1.54) is 22.8 Å². The number of nitrogen functional groups attached to an aromatic ring is 1. The predicted molar refractivity (Wildman–Crippen MR) is 128 cm³/mol. The summed E-state index contributed by atoms with van der Waals surface area (Å²) < 4.78 is 31.5. The first-order chi connectivity index (χ1) is 17.7. The lowest BCUT2D eigenvalue weighted by Gasteiger charge is -2.37. The number of nitrogens with one attached hydrogen (secondary N) is 1. The van der Waals surface area contributed by atoms with Crippen LogP contribution in [-0.2, 0) is 14.3 Å². The Labute approximate surface area is 208 Å². The lowest BCUT2D eigenvalue weighted by atomic mass is 9.95. The molecule has 3 aromatic heterocycles. The van der Waals surface area contributed by atoms with Gasteiger partial charge in [0.15, 0.2) is 28.9 Å². The molecule has 1 saturated heterocycles. The van der Waals surface area contributed by atoms with E-state index in [-0.39, 0.29) is 35.6 Å². The van der Waals surface area contributed by atoms with Gasteiger partial charge in [-0.2, -0.15) is 0 Å². The number of amides is 2. The molecule has 4 heterocycles. The van der Waals surface area contributed by atoms with Gasteiger partial charge in [-0.3, -0.25) is 14.5 Å². The normalized spacial score (nSPS) is 17.6. The fourth-order valence-electron chi connectivity index (χ4n) is 3.97. The Morgan fingerprint density at radius 1 is 1.35 bits per heavy atom. The fourth-order valence-corrected chi connectivity index (χ4v) is 3.97. The Morgan fingerprint density at radius 3 is 2.95 bits per heavy atom. The summed E-state index contributed by atoms with van der Waals surface area (Å²) in [6.45, 7) is 1.32. The second-order valence-corrected chi connectivity index (χ2v) is 8.42. The number of halogens is 1. The highest BCUT2D eigenvalue weighted by atomic mass is 19.1. The molecule has 192 valence electrons. The number of morpholine rings is 1. The Bertz CT molecular complexity index is 1500. The Hall–Kier alpha value is -4.56. The van der Waals surface area contributed by atoms with Crippen LogP contribution in [0.1, 0.15) is 6.92 Å². The number of carbonyl (C=O) groups excluding carboxylic acids is 2. The number of carbonyl (C=O) groups is 2. The van der Waals surface area contributed by atoms with Crippen LogP contribution in [0.15, 0.2) is 47.2 Å². The second kappa shape index (κ2) is 9.15. The minimum Gasteiger partial charge on any atom is -0.481 e. The molecule has 0 saturated carbocycles. The third-order valence-electron chi connectivity index (χ3n) is 5.91. The minimum atomic E-state index is -2.32. The molecule has 2 amide bonds. The molecule has 0 bridgehead atoms. The van der Waals surface area contributed by atoms with E-state index in [2.05, 4.69) is 20.6 Å². The summed E-state index contributed by atoms with van der Waals surface area (Å²) in [6, 6.07) is 7.30. The number of anilines is 3. The second-order valence-electron chi connectivity index (χ2n) is 8.42. The number of fused-ring (bicyclic) bond motifs is 1. The molecule has 1 fully saturated rings. The highest BCUT2D eigenvalue weighted by Crippen LogP contribution is 2.29. The zero-order valence-electron chi connectivity index (χ0n) is 19.7. The molecule has 5 rings (SSSR count). The van der Waals surface area contributed by atoms with E-state index in [1.54, 1.807) is 30.6 Å². The van der Waals surface area contributed by atoms with Crippen molar-refractivity contribution in [3.8, 4) is 11.6 Å². The van der Waals surface area contributed by atoms with Crippen LogP contribution in [0.5, 0.6) is 5.88 Å². The average Bonchev–Trinajstić information content (AvgIpc) is 3.51. The molecular weight excluding hydrogens is 489 g/mol. The van der Waals surface area contributed by atoms with Gasteiger partial charge in [0, 0.05) is 36.3 Å². The van der Waals surface area contributed by atoms with E-state index >= 15 is 0 Å². The summed E-state index contributed by atoms with van der Waals surface area (Å²) in [5.74, 6) is -1.89. The standard InChI is InChI=1S/C23H22FN7O6/c1-23(34,22(33)27-12-9-14(24)18-15(10-12)37-29-20(18)25)19-21(32)30(7-8-36-19)16-4-6-31(28-16)13-3-5-26-17(11-13)35-2/h3-6,9-11,19,34H,7-8H2,1-2H3,(H2,25,29)(H,27,33). The van der Waals surface area contributed by atoms with Crippen LogP contribution in [0.3, 0.4) is 0 Å². The van der Waals surface area contributed by atoms with Crippen molar-refractivity contribution in [2.45, 2.75) is 18.6 Å². The van der Waals surface area contributed by atoms with E-state index < -0.39 is 29.3 Å². The number of methoxy groups -OCH3 is 1. The van der Waals surface area contributed by atoms with Crippen molar-refractivity contribution in [3.63, 3.8) is 0 Å². The van der Waals surface area contributed by atoms with Gasteiger partial charge in [-0.15, -0.1) is 5.10 Å². The van der Waals surface area contributed by atoms with Crippen LogP contribution in [0.2, 0.25) is 0 Å². The number of nitrogens with two attached hydrogens (primary N) is 1. The van der Waals surface area contributed by atoms with Crippen molar-refractivity contribution in [1.29, 1.82) is 0 Å². The number of aliphatic hydroxyl groups is 1. The third-order valence-corrected chi connectivity index (χ3v) is 5.91. The highest BCUT2D eigenvalue weighted by Gasteiger charge is 2.49. The van der Waals surface area contributed by atoms with Crippen molar-refractivity contribution >= 4 is 40.1 Å². The van der Waals surface area contributed by atoms with Crippen molar-refractivity contribution in [1.82, 2.24) is 19.9 Å². The van der Waals surface area contributed by atoms with Crippen molar-refractivity contribution in [2.24, 2.45) is 0 Å². The molecule has 1 aliphatic heterocycles. The highest BCUT2D eigenvalue weighted by molar-refractivity contribution is 6.06. The third kappa shape index (κ3) is 4.32. The Morgan fingerprint density at radius 2 is 2.16 bits per heavy atom. The first-order valence-corrected chi connectivity index (χ1v) is 11.1. The number of aromatic nitrogens is 4. The first-order valence-electron chi connectivity index (χ1n) is 11.1. The number of nitrogens with zero attached hydrogens (tertiary/aromatic N) is 5. The van der Waals surface area contributed by atoms with Gasteiger partial charge in [-0.1, -0.05) is 5.16 Å². The molecule has 4 aromatic rings. The van der Waals surface area contributed by atoms with E-state index in [4.69, 9.17) is 19.7 Å². The van der Waals surface area contributed by atoms with Gasteiger partial charge in [0.25, 0.3) is 11.8 Å². The summed E-state index contributed by atoms with van der Waals surface area (Å²) in [7, 11) is 1.49. The topological polar surface area (TPSA) is 171 Å². The van der Waals surface area contributed by atoms with Gasteiger partial charge < -0.3 is 30.2 Å². The first kappa shape index (κ1) is 24.1. The summed E-state index contributed by atoms with van der Waals surface area (Å²) in [6.07, 6.45) is 1.65. The van der Waals surface area contributed by atoms with Crippen LogP contribution >= 0.6 is 0 Å². The van der Waals surface area contributed by atoms with Crippen LogP contribution in [0, 0.1) is 5.82 Å². The van der Waals surface area contributed by atoms with Crippen molar-refractivity contribution in [2.75, 3.05) is 36.2 Å². The molecule has 14 heteroatoms. The number of benzene rings is 1. The summed E-state index contributed by atoms with van der Waals surface area (Å²) in [5, 5.41) is 21.3. The summed E-state index contributed by atoms with van der Waals surface area (Å²) >= 11 is 0. The maximum atomic E-state index is 14.4. The molecule has 1 aromatic carbocycles. The minimum absolute atomic E-state index is 0.00557. The number of pyridine rings is 1. The van der Waals surface area contributed by atoms with Crippen LogP contribution in [0.25, 0.3) is 16.7 Å². The lowest BCUT2D eigenvalue weighted by Crippen LogP contribution is -2.61. The molecule has 37 heavy (non-hydrogen) atoms. The Kier molecular flexibility index (Phi) is 5.97. The van der Waals surface area contributed by atoms with Gasteiger partial charge >= 0.3 is 0 Å². The van der Waals surface area contributed by atoms with Crippen LogP contribution in [0.4, 0.5) is 21.7 Å². The summed E-state index contributed by atoms with van der Waals surface area (Å²) in [5.41, 5.74) is 3.88. The maximum absolute atomic E-state index is 14.4. The monoisotopic (exact) mass is 511 g/mol. The molecule has 2 atom stereocenters. The van der Waals surface area contributed by atoms with Gasteiger partial charge in [-0.25, -0.2) is 14.1 Å². The molecule has 1 aliphatic rings. The maximum Gasteiger partial charge on any atom is 0.260 e. The predicted octanol–water partition coefficient (Wildman–Crippen LogP) is 1.26. The summed E-state index contributed by atoms with van der Waals surface area (Å²) in [4.78, 5) is 31.6. The molecule has 4 N–H and O–H groups in total. The van der Waals surface area contributed by atoms with Crippen molar-refractivity contribution in [3.05, 3.63) is 48.5 Å². The van der Waals surface area contributed by atoms with E-state index in [1.807, 2.05) is 0 Å². The molecule has 0 spiro atoms. The average molecular weight is 511 g/mol. The van der Waals surface area contributed by atoms with Crippen molar-refractivity contribution < 1.29 is 33.1 Å². The number of hydrogen-bond donors (Lipinski definition) is 3. The van der Waals surface area contributed by atoms with Gasteiger partial charge in [-0.05, 0) is 19.1 Å². The number of ether oxygens (including phenoxy) is 2. The number of rotatable bonds is 6. The van der Waals surface area contributed by atoms with E-state index in [0.717, 1.165) is 13.0 Å². The molecule has 13 nitrogen and oxygen atoms in total. The van der Waals surface area contributed by atoms with E-state index in [9.17, 15) is 19.1 Å². The smallest absolute Gasteiger partial charge is 0.260 e. The molecule has 0 radical (unpaired) electrons. The Balaban J connectivity index is 1.35. The quantitative estimate of drug-likeness (QED) is 0.342. The lowest BCUT2D eigenvalue weighted by molar-refractivity contribution is -0.165. The molecule has 0 aliphatic carbocycles.